The van der Waals surface area contributed by atoms with Crippen LogP contribution in [-0.2, 0) is 4.74 Å². The van der Waals surface area contributed by atoms with Gasteiger partial charge in [0.25, 0.3) is 5.91 Å². The molecule has 5 nitrogen and oxygen atoms in total. The van der Waals surface area contributed by atoms with E-state index in [0.717, 1.165) is 0 Å². The first-order valence-corrected chi connectivity index (χ1v) is 8.05. The maximum absolute atomic E-state index is 12.3. The van der Waals surface area contributed by atoms with Crippen molar-refractivity contribution in [3.8, 4) is 0 Å². The number of carbonyl (C=O) groups is 2. The number of likely N-dealkylation sites (tertiary alicyclic amines) is 1. The van der Waals surface area contributed by atoms with Gasteiger partial charge >= 0.3 is 6.09 Å². The summed E-state index contributed by atoms with van der Waals surface area (Å²) in [5.41, 5.74) is 0.354. The minimum atomic E-state index is -0.354. The van der Waals surface area contributed by atoms with Crippen molar-refractivity contribution in [2.45, 2.75) is 18.9 Å². The van der Waals surface area contributed by atoms with Gasteiger partial charge in [-0.05, 0) is 31.0 Å². The molecule has 1 aromatic rings. The van der Waals surface area contributed by atoms with Crippen molar-refractivity contribution in [3.05, 3.63) is 46.5 Å². The molecule has 0 aromatic heterocycles. The molecular weight excluding hydrogens is 339 g/mol. The van der Waals surface area contributed by atoms with E-state index in [1.165, 1.54) is 6.08 Å². The lowest BCUT2D eigenvalue weighted by molar-refractivity contribution is 0.0874. The number of hydrogen-bond acceptors (Lipinski definition) is 3. The molecule has 0 saturated carbocycles. The van der Waals surface area contributed by atoms with Crippen molar-refractivity contribution >= 4 is 35.2 Å². The van der Waals surface area contributed by atoms with E-state index in [-0.39, 0.29) is 24.6 Å². The number of ether oxygens (including phenoxy) is 1. The third-order valence-electron chi connectivity index (χ3n) is 3.59. The monoisotopic (exact) mass is 356 g/mol. The van der Waals surface area contributed by atoms with E-state index in [9.17, 15) is 9.59 Å². The Morgan fingerprint density at radius 2 is 2.04 bits per heavy atom. The summed E-state index contributed by atoms with van der Waals surface area (Å²) in [6.45, 7) is 4.76. The number of hydrogen-bond donors (Lipinski definition) is 1. The van der Waals surface area contributed by atoms with Gasteiger partial charge in [-0.15, -0.1) is 0 Å². The van der Waals surface area contributed by atoms with E-state index >= 15 is 0 Å². The Balaban J connectivity index is 1.86. The van der Waals surface area contributed by atoms with Gasteiger partial charge in [-0.3, -0.25) is 4.79 Å². The molecule has 124 valence electrons. The Kier molecular flexibility index (Phi) is 6.30. The van der Waals surface area contributed by atoms with Gasteiger partial charge in [0, 0.05) is 24.2 Å². The molecule has 0 atom stereocenters. The summed E-state index contributed by atoms with van der Waals surface area (Å²) in [7, 11) is 0. The third-order valence-corrected chi connectivity index (χ3v) is 4.15. The lowest BCUT2D eigenvalue weighted by Crippen LogP contribution is -2.46. The van der Waals surface area contributed by atoms with Crippen molar-refractivity contribution in [1.29, 1.82) is 0 Å². The number of piperidine rings is 1. The highest BCUT2D eigenvalue weighted by Gasteiger charge is 2.25. The molecule has 0 aliphatic carbocycles. The summed E-state index contributed by atoms with van der Waals surface area (Å²) in [6.07, 6.45) is 2.49. The van der Waals surface area contributed by atoms with Gasteiger partial charge in [-0.1, -0.05) is 35.9 Å². The molecule has 2 amide bonds. The Morgan fingerprint density at radius 3 is 2.70 bits per heavy atom. The van der Waals surface area contributed by atoms with Crippen LogP contribution in [0.25, 0.3) is 0 Å². The molecule has 1 saturated heterocycles. The highest BCUT2D eigenvalue weighted by molar-refractivity contribution is 6.35. The Morgan fingerprint density at radius 1 is 1.35 bits per heavy atom. The summed E-state index contributed by atoms with van der Waals surface area (Å²) >= 11 is 11.9. The van der Waals surface area contributed by atoms with Crippen LogP contribution in [-0.4, -0.2) is 42.6 Å². The fourth-order valence-electron chi connectivity index (χ4n) is 2.36. The molecule has 0 spiro atoms. The van der Waals surface area contributed by atoms with Crippen molar-refractivity contribution in [2.24, 2.45) is 0 Å². The zero-order valence-corrected chi connectivity index (χ0v) is 14.1. The van der Waals surface area contributed by atoms with Crippen LogP contribution < -0.4 is 5.32 Å². The van der Waals surface area contributed by atoms with Gasteiger partial charge in [0.05, 0.1) is 10.6 Å². The minimum absolute atomic E-state index is 0.0130. The molecule has 1 aromatic carbocycles. The van der Waals surface area contributed by atoms with Crippen molar-refractivity contribution in [2.75, 3.05) is 19.7 Å². The molecule has 1 aliphatic rings. The molecule has 1 aliphatic heterocycles. The van der Waals surface area contributed by atoms with E-state index in [1.54, 1.807) is 23.1 Å². The lowest BCUT2D eigenvalue weighted by Gasteiger charge is -2.31. The maximum Gasteiger partial charge on any atom is 0.410 e. The van der Waals surface area contributed by atoms with Crippen LogP contribution in [0.3, 0.4) is 0 Å². The number of halogens is 2. The fourth-order valence-corrected chi connectivity index (χ4v) is 2.74. The third kappa shape index (κ3) is 4.88. The van der Waals surface area contributed by atoms with E-state index < -0.39 is 0 Å². The second kappa shape index (κ2) is 8.22. The second-order valence-electron chi connectivity index (χ2n) is 5.22. The van der Waals surface area contributed by atoms with Crippen molar-refractivity contribution in [3.63, 3.8) is 0 Å². The first kappa shape index (κ1) is 17.6. The van der Waals surface area contributed by atoms with Gasteiger partial charge < -0.3 is 15.0 Å². The average molecular weight is 357 g/mol. The van der Waals surface area contributed by atoms with Gasteiger partial charge in [0.2, 0.25) is 0 Å². The van der Waals surface area contributed by atoms with Crippen LogP contribution >= 0.6 is 23.2 Å². The Hall–Kier alpha value is -1.72. The van der Waals surface area contributed by atoms with E-state index in [2.05, 4.69) is 11.9 Å². The second-order valence-corrected chi connectivity index (χ2v) is 6.07. The summed E-state index contributed by atoms with van der Waals surface area (Å²) < 4.78 is 4.99. The van der Waals surface area contributed by atoms with Crippen LogP contribution in [0.15, 0.2) is 30.9 Å². The molecule has 1 N–H and O–H groups in total. The summed E-state index contributed by atoms with van der Waals surface area (Å²) in [5.74, 6) is -0.259. The molecule has 0 unspecified atom stereocenters. The topological polar surface area (TPSA) is 58.6 Å². The van der Waals surface area contributed by atoms with Gasteiger partial charge in [0.15, 0.2) is 0 Å². The number of amides is 2. The molecule has 2 rings (SSSR count). The first-order chi connectivity index (χ1) is 11.0. The maximum atomic E-state index is 12.3. The first-order valence-electron chi connectivity index (χ1n) is 7.29. The summed E-state index contributed by atoms with van der Waals surface area (Å²) in [6, 6.07) is 4.76. The fraction of sp³-hybridized carbons (Fsp3) is 0.375. The molecular formula is C16H18Cl2N2O3. The smallest absolute Gasteiger partial charge is 0.410 e. The molecule has 1 fully saturated rings. The van der Waals surface area contributed by atoms with Crippen LogP contribution in [0.5, 0.6) is 0 Å². The zero-order valence-electron chi connectivity index (χ0n) is 12.6. The number of carbonyl (C=O) groups excluding carboxylic acids is 2. The van der Waals surface area contributed by atoms with E-state index in [1.807, 2.05) is 0 Å². The lowest BCUT2D eigenvalue weighted by atomic mass is 10.0. The van der Waals surface area contributed by atoms with Crippen LogP contribution in [0, 0.1) is 0 Å². The van der Waals surface area contributed by atoms with E-state index in [0.29, 0.717) is 41.5 Å². The van der Waals surface area contributed by atoms with Crippen LogP contribution in [0.1, 0.15) is 23.2 Å². The van der Waals surface area contributed by atoms with Gasteiger partial charge in [-0.2, -0.15) is 0 Å². The van der Waals surface area contributed by atoms with Gasteiger partial charge in [-0.25, -0.2) is 4.79 Å². The highest BCUT2D eigenvalue weighted by Crippen LogP contribution is 2.21. The number of nitrogens with one attached hydrogen (secondary N) is 1. The van der Waals surface area contributed by atoms with Crippen molar-refractivity contribution < 1.29 is 14.3 Å². The number of nitrogens with zero attached hydrogens (tertiary/aromatic N) is 1. The highest BCUT2D eigenvalue weighted by atomic mass is 35.5. The molecule has 1 heterocycles. The number of benzene rings is 1. The van der Waals surface area contributed by atoms with Crippen LogP contribution in [0.2, 0.25) is 10.0 Å². The van der Waals surface area contributed by atoms with Crippen molar-refractivity contribution in [1.82, 2.24) is 10.2 Å². The predicted octanol–water partition coefficient (Wildman–Crippen LogP) is 3.51. The Labute approximate surface area is 145 Å². The average Bonchev–Trinajstić information content (AvgIpc) is 2.55. The SMILES string of the molecule is C=CCOC(=O)N1CCC(NC(=O)c2cc(Cl)ccc2Cl)CC1. The standard InChI is InChI=1S/C16H18Cl2N2O3/c1-2-9-23-16(22)20-7-5-12(6-8-20)19-15(21)13-10-11(17)3-4-14(13)18/h2-4,10,12H,1,5-9H2,(H,19,21). The molecule has 23 heavy (non-hydrogen) atoms. The molecule has 7 heteroatoms. The summed E-state index contributed by atoms with van der Waals surface area (Å²) in [5, 5.41) is 3.75. The Bertz CT molecular complexity index is 599. The number of rotatable bonds is 4. The van der Waals surface area contributed by atoms with Crippen LogP contribution in [0.4, 0.5) is 4.79 Å². The normalized spacial score (nSPS) is 15.1. The predicted molar refractivity (Wildman–Crippen MR) is 90.1 cm³/mol. The van der Waals surface area contributed by atoms with Gasteiger partial charge in [0.1, 0.15) is 6.61 Å². The summed E-state index contributed by atoms with van der Waals surface area (Å²) in [4.78, 5) is 25.6. The zero-order chi connectivity index (χ0) is 16.8. The van der Waals surface area contributed by atoms with E-state index in [4.69, 9.17) is 27.9 Å². The molecule has 0 radical (unpaired) electrons. The molecule has 0 bridgehead atoms. The largest absolute Gasteiger partial charge is 0.445 e. The minimum Gasteiger partial charge on any atom is -0.445 e. The quantitative estimate of drug-likeness (QED) is 0.839.